The average molecular weight is 821 g/mol. The molecule has 6 aromatic carbocycles. The van der Waals surface area contributed by atoms with E-state index in [-0.39, 0.29) is 21.9 Å². The van der Waals surface area contributed by atoms with Crippen LogP contribution in [0, 0.1) is 10.1 Å². The summed E-state index contributed by atoms with van der Waals surface area (Å²) in [7, 11) is -3.14. The Morgan fingerprint density at radius 2 is 0.966 bits per heavy atom. The Morgan fingerprint density at radius 3 is 1.45 bits per heavy atom. The Balaban J connectivity index is 0.000000177. The molecule has 0 atom stereocenters. The van der Waals surface area contributed by atoms with Crippen LogP contribution < -0.4 is 15.5 Å². The molecule has 0 aromatic heterocycles. The Kier molecular flexibility index (Phi) is 12.0. The van der Waals surface area contributed by atoms with E-state index in [1.165, 1.54) is 6.07 Å². The number of nitrogens with zero attached hydrogens (tertiary/aromatic N) is 5. The van der Waals surface area contributed by atoms with Gasteiger partial charge in [0.05, 0.1) is 26.2 Å². The third-order valence-electron chi connectivity index (χ3n) is 11.0. The summed E-state index contributed by atoms with van der Waals surface area (Å²) < 4.78 is 53.0. The van der Waals surface area contributed by atoms with Crippen LogP contribution in [0.4, 0.5) is 22.7 Å². The first-order chi connectivity index (χ1) is 27.8. The number of hydrogen-bond acceptors (Lipinski definition) is 11. The van der Waals surface area contributed by atoms with Crippen molar-refractivity contribution in [3.05, 3.63) is 143 Å². The highest BCUT2D eigenvalue weighted by Crippen LogP contribution is 2.32. The van der Waals surface area contributed by atoms with Crippen LogP contribution in [-0.2, 0) is 31.2 Å². The molecule has 2 N–H and O–H groups in total. The summed E-state index contributed by atoms with van der Waals surface area (Å²) in [5.41, 5.74) is 9.21. The van der Waals surface area contributed by atoms with Crippen molar-refractivity contribution >= 4 is 64.0 Å². The molecule has 12 nitrogen and oxygen atoms in total. The van der Waals surface area contributed by atoms with Crippen molar-refractivity contribution in [3.8, 4) is 0 Å². The summed E-state index contributed by atoms with van der Waals surface area (Å²) in [4.78, 5) is 20.5. The second-order valence-corrected chi connectivity index (χ2v) is 18.9. The number of likely N-dealkylation sites (N-methyl/N-ethyl adjacent to an activating group) is 2. The number of nitro benzene ring substituents is 1. The van der Waals surface area contributed by atoms with Crippen LogP contribution in [0.2, 0.25) is 0 Å². The summed E-state index contributed by atoms with van der Waals surface area (Å²) in [6.07, 6.45) is 0. The van der Waals surface area contributed by atoms with Gasteiger partial charge < -0.3 is 25.3 Å². The molecule has 2 saturated heterocycles. The highest BCUT2D eigenvalue weighted by Gasteiger charge is 2.26. The van der Waals surface area contributed by atoms with E-state index in [0.29, 0.717) is 21.5 Å². The van der Waals surface area contributed by atoms with Gasteiger partial charge in [-0.25, -0.2) is 16.8 Å². The maximum atomic E-state index is 13.3. The summed E-state index contributed by atoms with van der Waals surface area (Å²) in [5.74, 6) is -0.521. The molecule has 0 bridgehead atoms. The summed E-state index contributed by atoms with van der Waals surface area (Å²) in [6, 6.07) is 35.8. The Morgan fingerprint density at radius 1 is 0.552 bits per heavy atom. The maximum absolute atomic E-state index is 13.3. The van der Waals surface area contributed by atoms with Crippen molar-refractivity contribution in [1.29, 1.82) is 0 Å². The van der Waals surface area contributed by atoms with Gasteiger partial charge >= 0.3 is 0 Å². The van der Waals surface area contributed by atoms with E-state index < -0.39 is 30.4 Å². The minimum absolute atomic E-state index is 0.103. The summed E-state index contributed by atoms with van der Waals surface area (Å²) >= 11 is 0. The fourth-order valence-electron chi connectivity index (χ4n) is 7.60. The zero-order chi connectivity index (χ0) is 41.0. The van der Waals surface area contributed by atoms with Gasteiger partial charge in [-0.3, -0.25) is 10.1 Å². The third-order valence-corrected chi connectivity index (χ3v) is 14.4. The number of fused-ring (bicyclic) bond motifs is 2. The molecule has 302 valence electrons. The van der Waals surface area contributed by atoms with Crippen molar-refractivity contribution in [1.82, 2.24) is 9.80 Å². The van der Waals surface area contributed by atoms with E-state index in [2.05, 4.69) is 33.7 Å². The van der Waals surface area contributed by atoms with Crippen molar-refractivity contribution in [2.75, 3.05) is 82.0 Å². The van der Waals surface area contributed by atoms with E-state index in [1.54, 1.807) is 48.5 Å². The highest BCUT2D eigenvalue weighted by molar-refractivity contribution is 7.91. The van der Waals surface area contributed by atoms with E-state index in [4.69, 9.17) is 5.73 Å². The number of nitro groups is 1. The molecule has 0 amide bonds. The fraction of sp³-hybridized carbons (Fsp3) is 0.273. The quantitative estimate of drug-likeness (QED) is 0.0953. The van der Waals surface area contributed by atoms with Gasteiger partial charge in [0.1, 0.15) is 0 Å². The van der Waals surface area contributed by atoms with E-state index in [1.807, 2.05) is 66.7 Å². The lowest BCUT2D eigenvalue weighted by molar-refractivity contribution is -0.385. The predicted octanol–water partition coefficient (Wildman–Crippen LogP) is 6.62. The summed E-state index contributed by atoms with van der Waals surface area (Å²) in [6.45, 7) is 7.21. The molecule has 0 radical (unpaired) electrons. The molecule has 2 heterocycles. The predicted molar refractivity (Wildman–Crippen MR) is 233 cm³/mol. The second kappa shape index (κ2) is 17.1. The molecule has 2 aliphatic rings. The monoisotopic (exact) mass is 820 g/mol. The molecule has 14 heteroatoms. The van der Waals surface area contributed by atoms with E-state index in [9.17, 15) is 26.9 Å². The number of hydrogen-bond donors (Lipinski definition) is 1. The van der Waals surface area contributed by atoms with Crippen LogP contribution in [0.5, 0.6) is 0 Å². The SMILES string of the molecule is CN1CCN(c2ccc(N)c(CS(=O)(=O)c3cccc4ccccc34)c2)CC1.CN1CCN(c2ccc([N+](=O)[O-])c(CS(=O)(=O)c3cccc4ccccc34)c2)CC1. The Hall–Kier alpha value is -5.54. The first-order valence-corrected chi connectivity index (χ1v) is 22.5. The van der Waals surface area contributed by atoms with Gasteiger partial charge in [-0.15, -0.1) is 0 Å². The van der Waals surface area contributed by atoms with Gasteiger partial charge in [0.2, 0.25) is 0 Å². The smallest absolute Gasteiger partial charge is 0.273 e. The highest BCUT2D eigenvalue weighted by atomic mass is 32.2. The summed E-state index contributed by atoms with van der Waals surface area (Å²) in [5, 5.41) is 14.7. The molecule has 2 fully saturated rings. The number of piperazine rings is 2. The van der Waals surface area contributed by atoms with Crippen molar-refractivity contribution < 1.29 is 21.8 Å². The fourth-order valence-corrected chi connectivity index (χ4v) is 10.8. The van der Waals surface area contributed by atoms with Crippen LogP contribution >= 0.6 is 0 Å². The molecule has 8 rings (SSSR count). The lowest BCUT2D eigenvalue weighted by Crippen LogP contribution is -2.44. The van der Waals surface area contributed by atoms with Gasteiger partial charge in [0, 0.05) is 91.8 Å². The van der Waals surface area contributed by atoms with E-state index in [0.717, 1.165) is 79.9 Å². The van der Waals surface area contributed by atoms with Crippen LogP contribution in [0.25, 0.3) is 21.5 Å². The van der Waals surface area contributed by atoms with E-state index >= 15 is 0 Å². The van der Waals surface area contributed by atoms with Crippen molar-refractivity contribution in [2.24, 2.45) is 0 Å². The maximum Gasteiger partial charge on any atom is 0.273 e. The topological polar surface area (TPSA) is 150 Å². The number of benzene rings is 6. The third kappa shape index (κ3) is 9.10. The standard InChI is InChI=1S/C22H23N3O4S.C22H25N3O2S/c1-23-11-13-24(14-12-23)19-9-10-21(25(26)27)18(15-19)16-30(28,29)22-8-4-6-17-5-2-3-7-20(17)22;1-24-11-13-25(14-12-24)19-9-10-21(23)18(15-19)16-28(26,27)22-8-4-6-17-5-2-3-7-20(17)22/h2-10,15H,11-14,16H2,1H3;2-10,15H,11-14,16,23H2,1H3. The average Bonchev–Trinajstić information content (AvgIpc) is 3.21. The van der Waals surface area contributed by atoms with Crippen LogP contribution in [-0.4, -0.2) is 98.0 Å². The molecule has 6 aromatic rings. The number of sulfone groups is 2. The molecule has 58 heavy (non-hydrogen) atoms. The van der Waals surface area contributed by atoms with Gasteiger partial charge in [-0.2, -0.15) is 0 Å². The van der Waals surface area contributed by atoms with Gasteiger partial charge in [0.15, 0.2) is 19.7 Å². The van der Waals surface area contributed by atoms with Gasteiger partial charge in [-0.05, 0) is 72.9 Å². The number of nitrogens with two attached hydrogens (primary N) is 1. The second-order valence-electron chi connectivity index (χ2n) is 15.0. The molecule has 0 saturated carbocycles. The normalized spacial score (nSPS) is 15.6. The zero-order valence-electron chi connectivity index (χ0n) is 32.7. The van der Waals surface area contributed by atoms with Crippen molar-refractivity contribution in [3.63, 3.8) is 0 Å². The lowest BCUT2D eigenvalue weighted by Gasteiger charge is -2.34. The molecule has 0 aliphatic carbocycles. The minimum atomic E-state index is -3.78. The first-order valence-electron chi connectivity index (χ1n) is 19.2. The molecular weight excluding hydrogens is 773 g/mol. The Bertz CT molecular complexity index is 2660. The zero-order valence-corrected chi connectivity index (χ0v) is 34.3. The van der Waals surface area contributed by atoms with Crippen LogP contribution in [0.15, 0.2) is 131 Å². The van der Waals surface area contributed by atoms with Crippen LogP contribution in [0.1, 0.15) is 11.1 Å². The number of nitrogen functional groups attached to an aromatic ring is 1. The Labute approximate surface area is 340 Å². The molecule has 0 unspecified atom stereocenters. The van der Waals surface area contributed by atoms with Gasteiger partial charge in [0.25, 0.3) is 5.69 Å². The lowest BCUT2D eigenvalue weighted by atomic mass is 10.1. The first kappa shape index (κ1) is 40.6. The molecule has 0 spiro atoms. The van der Waals surface area contributed by atoms with Crippen molar-refractivity contribution in [2.45, 2.75) is 21.3 Å². The molecule has 2 aliphatic heterocycles. The number of anilines is 3. The molecular formula is C44H48N6O6S2. The number of rotatable bonds is 9. The minimum Gasteiger partial charge on any atom is -0.398 e. The largest absolute Gasteiger partial charge is 0.398 e. The van der Waals surface area contributed by atoms with Crippen LogP contribution in [0.3, 0.4) is 0 Å². The van der Waals surface area contributed by atoms with Gasteiger partial charge in [-0.1, -0.05) is 72.8 Å².